The zero-order chi connectivity index (χ0) is 14.7. The Bertz CT molecular complexity index is 709. The Kier molecular flexibility index (Phi) is 3.47. The van der Waals surface area contributed by atoms with Gasteiger partial charge in [-0.25, -0.2) is 4.79 Å². The maximum atomic E-state index is 11.8. The third kappa shape index (κ3) is 2.67. The van der Waals surface area contributed by atoms with Gasteiger partial charge in [-0.1, -0.05) is 53.7 Å². The number of benzene rings is 2. The van der Waals surface area contributed by atoms with Crippen molar-refractivity contribution in [3.05, 3.63) is 66.2 Å². The van der Waals surface area contributed by atoms with Crippen LogP contribution >= 0.6 is 0 Å². The number of carbonyl (C=O) groups is 1. The van der Waals surface area contributed by atoms with Gasteiger partial charge in [0, 0.05) is 12.6 Å². The van der Waals surface area contributed by atoms with Crippen molar-refractivity contribution in [3.63, 3.8) is 0 Å². The van der Waals surface area contributed by atoms with Gasteiger partial charge in [-0.2, -0.15) is 5.10 Å². The molecule has 0 atom stereocenters. The molecule has 1 heterocycles. The Labute approximate surface area is 122 Å². The Morgan fingerprint density at radius 1 is 1.00 bits per heavy atom. The van der Waals surface area contributed by atoms with Gasteiger partial charge in [0.15, 0.2) is 0 Å². The van der Waals surface area contributed by atoms with E-state index in [0.717, 1.165) is 11.3 Å². The molecule has 2 aromatic carbocycles. The van der Waals surface area contributed by atoms with Crippen molar-refractivity contribution in [2.24, 2.45) is 10.3 Å². The number of rotatable bonds is 3. The number of hydrogen-bond donors (Lipinski definition) is 0. The van der Waals surface area contributed by atoms with Crippen LogP contribution in [0, 0.1) is 0 Å². The Morgan fingerprint density at radius 2 is 1.62 bits per heavy atom. The molecule has 104 valence electrons. The molecule has 0 spiro atoms. The van der Waals surface area contributed by atoms with Crippen molar-refractivity contribution in [3.8, 4) is 0 Å². The van der Waals surface area contributed by atoms with E-state index in [1.807, 2.05) is 60.7 Å². The van der Waals surface area contributed by atoms with E-state index < -0.39 is 5.97 Å². The predicted octanol–water partition coefficient (Wildman–Crippen LogP) is 2.44. The number of anilines is 1. The summed E-state index contributed by atoms with van der Waals surface area (Å²) in [6, 6.07) is 18.9. The lowest BCUT2D eigenvalue weighted by Crippen LogP contribution is -2.24. The molecule has 0 saturated carbocycles. The fourth-order valence-electron chi connectivity index (χ4n) is 2.00. The van der Waals surface area contributed by atoms with Gasteiger partial charge in [-0.15, -0.1) is 0 Å². The molecule has 0 radical (unpaired) electrons. The number of oxime groups is 1. The summed E-state index contributed by atoms with van der Waals surface area (Å²) in [6.45, 7) is 0. The molecule has 3 rings (SSSR count). The average Bonchev–Trinajstić information content (AvgIpc) is 2.90. The first-order valence-corrected chi connectivity index (χ1v) is 6.48. The molecule has 0 N–H and O–H groups in total. The maximum absolute atomic E-state index is 11.8. The van der Waals surface area contributed by atoms with Gasteiger partial charge in [-0.05, 0) is 12.1 Å². The van der Waals surface area contributed by atoms with E-state index in [-0.39, 0.29) is 5.71 Å². The van der Waals surface area contributed by atoms with Crippen LogP contribution in [-0.2, 0) is 9.63 Å². The van der Waals surface area contributed by atoms with Gasteiger partial charge in [0.2, 0.25) is 5.71 Å². The molecule has 0 fully saturated rings. The van der Waals surface area contributed by atoms with E-state index in [9.17, 15) is 4.79 Å². The van der Waals surface area contributed by atoms with Gasteiger partial charge in [0.1, 0.15) is 5.71 Å². The van der Waals surface area contributed by atoms with Crippen LogP contribution < -0.4 is 5.01 Å². The molecule has 0 unspecified atom stereocenters. The summed E-state index contributed by atoms with van der Waals surface area (Å²) < 4.78 is 0. The number of hydrogen-bond acceptors (Lipinski definition) is 5. The maximum Gasteiger partial charge on any atom is 0.388 e. The summed E-state index contributed by atoms with van der Waals surface area (Å²) in [5.74, 6) is -0.545. The van der Waals surface area contributed by atoms with Crippen molar-refractivity contribution in [2.75, 3.05) is 12.1 Å². The van der Waals surface area contributed by atoms with Crippen LogP contribution in [0.25, 0.3) is 0 Å². The van der Waals surface area contributed by atoms with Gasteiger partial charge < -0.3 is 4.84 Å². The van der Waals surface area contributed by atoms with E-state index >= 15 is 0 Å². The van der Waals surface area contributed by atoms with Crippen LogP contribution in [0.15, 0.2) is 70.9 Å². The third-order valence-corrected chi connectivity index (χ3v) is 3.06. The Balaban J connectivity index is 1.94. The minimum atomic E-state index is -0.545. The number of nitrogens with zero attached hydrogens (tertiary/aromatic N) is 3. The second-order valence-corrected chi connectivity index (χ2v) is 4.49. The molecule has 2 aromatic rings. The summed E-state index contributed by atoms with van der Waals surface area (Å²) in [6.07, 6.45) is 0. The van der Waals surface area contributed by atoms with E-state index in [1.54, 1.807) is 12.1 Å². The van der Waals surface area contributed by atoms with Crippen molar-refractivity contribution in [1.29, 1.82) is 0 Å². The topological polar surface area (TPSA) is 54.3 Å². The van der Waals surface area contributed by atoms with Gasteiger partial charge >= 0.3 is 5.97 Å². The fraction of sp³-hybridized carbons (Fsp3) is 0.0625. The van der Waals surface area contributed by atoms with Crippen LogP contribution in [0.4, 0.5) is 5.69 Å². The molecule has 0 saturated heterocycles. The highest BCUT2D eigenvalue weighted by molar-refractivity contribution is 6.70. The minimum absolute atomic E-state index is 0.201. The Morgan fingerprint density at radius 3 is 2.29 bits per heavy atom. The van der Waals surface area contributed by atoms with Gasteiger partial charge in [0.25, 0.3) is 0 Å². The Hall–Kier alpha value is -2.95. The average molecular weight is 279 g/mol. The first-order valence-electron chi connectivity index (χ1n) is 6.48. The molecule has 1 aliphatic heterocycles. The van der Waals surface area contributed by atoms with Crippen molar-refractivity contribution >= 4 is 23.1 Å². The number of hydrazone groups is 1. The van der Waals surface area contributed by atoms with Gasteiger partial charge in [0.05, 0.1) is 5.69 Å². The third-order valence-electron chi connectivity index (χ3n) is 3.06. The smallest absolute Gasteiger partial charge is 0.310 e. The van der Waals surface area contributed by atoms with Crippen LogP contribution in [0.3, 0.4) is 0 Å². The molecular weight excluding hydrogens is 266 g/mol. The number of para-hydroxylation sites is 1. The fourth-order valence-corrected chi connectivity index (χ4v) is 2.00. The molecule has 5 heteroatoms. The predicted molar refractivity (Wildman–Crippen MR) is 81.4 cm³/mol. The molecule has 0 amide bonds. The van der Waals surface area contributed by atoms with Crippen LogP contribution in [0.2, 0.25) is 0 Å². The first-order chi connectivity index (χ1) is 10.3. The standard InChI is InChI=1S/C16H13N3O2/c1-19(13-10-6-3-7-11-13)17-15-14(18-21-16(15)20)12-8-4-2-5-9-12/h2-11H,1H3/b17-15+. The molecule has 21 heavy (non-hydrogen) atoms. The first kappa shape index (κ1) is 13.1. The highest BCUT2D eigenvalue weighted by Gasteiger charge is 2.29. The van der Waals surface area contributed by atoms with E-state index in [0.29, 0.717) is 5.71 Å². The van der Waals surface area contributed by atoms with Crippen molar-refractivity contribution in [2.45, 2.75) is 0 Å². The zero-order valence-electron chi connectivity index (χ0n) is 11.4. The van der Waals surface area contributed by atoms with Gasteiger partial charge in [-0.3, -0.25) is 5.01 Å². The van der Waals surface area contributed by atoms with Crippen molar-refractivity contribution in [1.82, 2.24) is 0 Å². The lowest BCUT2D eigenvalue weighted by molar-refractivity contribution is -0.134. The molecule has 0 bridgehead atoms. The highest BCUT2D eigenvalue weighted by atomic mass is 16.7. The molecule has 1 aliphatic rings. The summed E-state index contributed by atoms with van der Waals surface area (Å²) >= 11 is 0. The molecular formula is C16H13N3O2. The van der Waals surface area contributed by atoms with E-state index in [2.05, 4.69) is 10.3 Å². The highest BCUT2D eigenvalue weighted by Crippen LogP contribution is 2.15. The van der Waals surface area contributed by atoms with Crippen LogP contribution in [0.1, 0.15) is 5.56 Å². The summed E-state index contributed by atoms with van der Waals surface area (Å²) in [4.78, 5) is 16.6. The zero-order valence-corrected chi connectivity index (χ0v) is 11.4. The minimum Gasteiger partial charge on any atom is -0.310 e. The molecule has 0 aromatic heterocycles. The summed E-state index contributed by atoms with van der Waals surface area (Å²) in [7, 11) is 1.77. The SMILES string of the molecule is CN(/N=C1/C(=O)ON=C1c1ccccc1)c1ccccc1. The molecule has 0 aliphatic carbocycles. The quantitative estimate of drug-likeness (QED) is 0.640. The lowest BCUT2D eigenvalue weighted by Gasteiger charge is -2.13. The lowest BCUT2D eigenvalue weighted by atomic mass is 10.1. The second-order valence-electron chi connectivity index (χ2n) is 4.49. The summed E-state index contributed by atoms with van der Waals surface area (Å²) in [5.41, 5.74) is 2.32. The van der Waals surface area contributed by atoms with E-state index in [1.165, 1.54) is 0 Å². The number of carbonyl (C=O) groups excluding carboxylic acids is 1. The van der Waals surface area contributed by atoms with E-state index in [4.69, 9.17) is 4.84 Å². The monoisotopic (exact) mass is 279 g/mol. The summed E-state index contributed by atoms with van der Waals surface area (Å²) in [5, 5.41) is 9.78. The molecule has 5 nitrogen and oxygen atoms in total. The second kappa shape index (κ2) is 5.58. The largest absolute Gasteiger partial charge is 0.388 e. The van der Waals surface area contributed by atoms with Crippen LogP contribution in [-0.4, -0.2) is 24.4 Å². The normalized spacial score (nSPS) is 15.8. The van der Waals surface area contributed by atoms with Crippen LogP contribution in [0.5, 0.6) is 0 Å². The van der Waals surface area contributed by atoms with Crippen molar-refractivity contribution < 1.29 is 9.63 Å².